The minimum absolute atomic E-state index is 0.0844. The van der Waals surface area contributed by atoms with Crippen LogP contribution in [0.25, 0.3) is 10.9 Å². The van der Waals surface area contributed by atoms with Gasteiger partial charge in [0, 0.05) is 17.5 Å². The third kappa shape index (κ3) is 1.79. The number of rotatable bonds is 2. The maximum atomic E-state index is 10.4. The van der Waals surface area contributed by atoms with Crippen molar-refractivity contribution in [3.8, 4) is 0 Å². The van der Waals surface area contributed by atoms with Crippen molar-refractivity contribution in [1.82, 2.24) is 4.98 Å². The van der Waals surface area contributed by atoms with Crippen LogP contribution in [0.3, 0.4) is 0 Å². The van der Waals surface area contributed by atoms with Gasteiger partial charge in [0.05, 0.1) is 0 Å². The fraction of sp³-hybridized carbons (Fsp3) is 0.111. The van der Waals surface area contributed by atoms with Gasteiger partial charge in [-0.25, -0.2) is 0 Å². The van der Waals surface area contributed by atoms with E-state index in [4.69, 9.17) is 0 Å². The first kappa shape index (κ1) is 8.47. The molecule has 1 unspecified atom stereocenters. The highest BCUT2D eigenvalue weighted by Gasteiger charge is 1.96. The van der Waals surface area contributed by atoms with Gasteiger partial charge in [-0.3, -0.25) is 4.21 Å². The summed E-state index contributed by atoms with van der Waals surface area (Å²) in [7, 11) is 0. The van der Waals surface area contributed by atoms with E-state index in [1.807, 2.05) is 30.5 Å². The van der Waals surface area contributed by atoms with Crippen LogP contribution in [0.15, 0.2) is 30.5 Å². The van der Waals surface area contributed by atoms with Crippen molar-refractivity contribution >= 4 is 22.0 Å². The van der Waals surface area contributed by atoms with Crippen LogP contribution in [0.2, 0.25) is 0 Å². The number of aromatic nitrogens is 1. The number of fused-ring (bicyclic) bond motifs is 1. The molecule has 3 nitrogen and oxygen atoms in total. The van der Waals surface area contributed by atoms with Crippen molar-refractivity contribution in [2.75, 3.05) is 0 Å². The Kier molecular flexibility index (Phi) is 2.16. The normalized spacial score (nSPS) is 13.3. The molecule has 1 heterocycles. The largest absolute Gasteiger partial charge is 0.772 e. The van der Waals surface area contributed by atoms with Gasteiger partial charge in [0.1, 0.15) is 0 Å². The first-order chi connectivity index (χ1) is 6.25. The molecule has 0 saturated heterocycles. The van der Waals surface area contributed by atoms with Crippen LogP contribution >= 0.6 is 0 Å². The Hall–Kier alpha value is -1.13. The molecule has 0 bridgehead atoms. The van der Waals surface area contributed by atoms with Gasteiger partial charge in [-0.1, -0.05) is 17.1 Å². The third-order valence-electron chi connectivity index (χ3n) is 1.90. The molecule has 0 radical (unpaired) electrons. The lowest BCUT2D eigenvalue weighted by Gasteiger charge is -2.04. The molecule has 4 heteroatoms. The SMILES string of the molecule is O=S([O-])Cc1ccc2[nH]ccc2c1. The Morgan fingerprint density at radius 3 is 3.00 bits per heavy atom. The molecular weight excluding hydrogens is 186 g/mol. The van der Waals surface area contributed by atoms with Gasteiger partial charge in [0.15, 0.2) is 0 Å². The van der Waals surface area contributed by atoms with Crippen molar-refractivity contribution in [3.63, 3.8) is 0 Å². The molecule has 2 rings (SSSR count). The summed E-state index contributed by atoms with van der Waals surface area (Å²) in [6.45, 7) is 0. The van der Waals surface area contributed by atoms with Gasteiger partial charge in [0.25, 0.3) is 0 Å². The van der Waals surface area contributed by atoms with Crippen molar-refractivity contribution in [2.45, 2.75) is 5.75 Å². The maximum absolute atomic E-state index is 10.4. The molecule has 0 spiro atoms. The Morgan fingerprint density at radius 1 is 1.38 bits per heavy atom. The maximum Gasteiger partial charge on any atom is 0.0454 e. The van der Waals surface area contributed by atoms with Gasteiger partial charge in [0.2, 0.25) is 0 Å². The van der Waals surface area contributed by atoms with Crippen molar-refractivity contribution in [3.05, 3.63) is 36.0 Å². The summed E-state index contributed by atoms with van der Waals surface area (Å²) in [6.07, 6.45) is 1.84. The van der Waals surface area contributed by atoms with E-state index < -0.39 is 11.1 Å². The highest BCUT2D eigenvalue weighted by atomic mass is 32.2. The average molecular weight is 194 g/mol. The zero-order chi connectivity index (χ0) is 9.26. The quantitative estimate of drug-likeness (QED) is 0.737. The van der Waals surface area contributed by atoms with E-state index in [9.17, 15) is 8.76 Å². The van der Waals surface area contributed by atoms with Crippen LogP contribution < -0.4 is 0 Å². The van der Waals surface area contributed by atoms with Crippen molar-refractivity contribution in [1.29, 1.82) is 0 Å². The Labute approximate surface area is 78.1 Å². The summed E-state index contributed by atoms with van der Waals surface area (Å²) in [5, 5.41) is 1.04. The molecule has 0 amide bonds. The molecule has 0 saturated carbocycles. The van der Waals surface area contributed by atoms with E-state index in [1.54, 1.807) is 0 Å². The minimum atomic E-state index is -2.01. The van der Waals surface area contributed by atoms with Gasteiger partial charge in [-0.2, -0.15) is 0 Å². The van der Waals surface area contributed by atoms with E-state index in [0.29, 0.717) is 0 Å². The van der Waals surface area contributed by atoms with E-state index in [2.05, 4.69) is 4.98 Å². The topological polar surface area (TPSA) is 55.9 Å². The van der Waals surface area contributed by atoms with Crippen molar-refractivity contribution in [2.24, 2.45) is 0 Å². The van der Waals surface area contributed by atoms with Crippen LogP contribution in [0.5, 0.6) is 0 Å². The highest BCUT2D eigenvalue weighted by molar-refractivity contribution is 7.78. The number of hydrogen-bond acceptors (Lipinski definition) is 2. The monoisotopic (exact) mass is 194 g/mol. The van der Waals surface area contributed by atoms with E-state index >= 15 is 0 Å². The molecule has 0 aliphatic rings. The van der Waals surface area contributed by atoms with Crippen LogP contribution in [-0.2, 0) is 16.8 Å². The molecule has 0 fully saturated rings. The molecular formula is C9H8NO2S-. The summed E-state index contributed by atoms with van der Waals surface area (Å²) in [6, 6.07) is 7.50. The van der Waals surface area contributed by atoms with Crippen LogP contribution in [0, 0.1) is 0 Å². The Balaban J connectivity index is 2.42. The van der Waals surface area contributed by atoms with Gasteiger partial charge in [-0.05, 0) is 29.1 Å². The molecule has 2 aromatic rings. The zero-order valence-electron chi connectivity index (χ0n) is 6.82. The number of H-pyrrole nitrogens is 1. The fourth-order valence-electron chi connectivity index (χ4n) is 1.33. The first-order valence-corrected chi connectivity index (χ1v) is 5.12. The first-order valence-electron chi connectivity index (χ1n) is 3.87. The molecule has 1 aromatic heterocycles. The highest BCUT2D eigenvalue weighted by Crippen LogP contribution is 2.14. The lowest BCUT2D eigenvalue weighted by Crippen LogP contribution is -1.92. The number of benzene rings is 1. The molecule has 0 aliphatic carbocycles. The molecule has 68 valence electrons. The predicted molar refractivity (Wildman–Crippen MR) is 50.9 cm³/mol. The van der Waals surface area contributed by atoms with E-state index in [0.717, 1.165) is 16.5 Å². The molecule has 1 N–H and O–H groups in total. The summed E-state index contributed by atoms with van der Waals surface area (Å²) < 4.78 is 20.9. The number of hydrogen-bond donors (Lipinski definition) is 1. The third-order valence-corrected chi connectivity index (χ3v) is 2.47. The summed E-state index contributed by atoms with van der Waals surface area (Å²) in [5.74, 6) is 0.0844. The lowest BCUT2D eigenvalue weighted by atomic mass is 10.2. The minimum Gasteiger partial charge on any atom is -0.772 e. The smallest absolute Gasteiger partial charge is 0.0454 e. The zero-order valence-corrected chi connectivity index (χ0v) is 7.64. The standard InChI is InChI=1S/C9H9NO2S/c11-13(12)6-7-1-2-9-8(5-7)3-4-10-9/h1-5,10H,6H2,(H,11,12)/p-1. The average Bonchev–Trinajstić information content (AvgIpc) is 2.49. The summed E-state index contributed by atoms with van der Waals surface area (Å²) >= 11 is -2.01. The number of aromatic amines is 1. The second kappa shape index (κ2) is 3.32. The Bertz CT molecular complexity index is 450. The van der Waals surface area contributed by atoms with Gasteiger partial charge >= 0.3 is 0 Å². The summed E-state index contributed by atoms with van der Waals surface area (Å²) in [4.78, 5) is 3.05. The van der Waals surface area contributed by atoms with Crippen molar-refractivity contribution < 1.29 is 8.76 Å². The van der Waals surface area contributed by atoms with Crippen LogP contribution in [-0.4, -0.2) is 13.7 Å². The number of nitrogens with one attached hydrogen (secondary N) is 1. The molecule has 1 aromatic carbocycles. The fourth-order valence-corrected chi connectivity index (χ4v) is 1.78. The predicted octanol–water partition coefficient (Wildman–Crippen LogP) is 1.55. The van der Waals surface area contributed by atoms with E-state index in [-0.39, 0.29) is 5.75 Å². The molecule has 13 heavy (non-hydrogen) atoms. The van der Waals surface area contributed by atoms with Crippen LogP contribution in [0.1, 0.15) is 5.56 Å². The Morgan fingerprint density at radius 2 is 2.23 bits per heavy atom. The lowest BCUT2D eigenvalue weighted by molar-refractivity contribution is 0.536. The molecule has 0 aliphatic heterocycles. The van der Waals surface area contributed by atoms with Gasteiger partial charge in [-0.15, -0.1) is 0 Å². The second-order valence-corrected chi connectivity index (χ2v) is 3.74. The van der Waals surface area contributed by atoms with E-state index in [1.165, 1.54) is 0 Å². The molecule has 1 atom stereocenters. The summed E-state index contributed by atoms with van der Waals surface area (Å²) in [5.41, 5.74) is 1.85. The van der Waals surface area contributed by atoms with Crippen LogP contribution in [0.4, 0.5) is 0 Å². The van der Waals surface area contributed by atoms with Gasteiger partial charge < -0.3 is 9.54 Å². The second-order valence-electron chi connectivity index (χ2n) is 2.85.